The van der Waals surface area contributed by atoms with Crippen molar-refractivity contribution in [1.29, 1.82) is 0 Å². The number of nitrogens with one attached hydrogen (secondary N) is 1. The van der Waals surface area contributed by atoms with Crippen LogP contribution in [-0.2, 0) is 11.2 Å². The van der Waals surface area contributed by atoms with Gasteiger partial charge in [-0.2, -0.15) is 0 Å². The van der Waals surface area contributed by atoms with Gasteiger partial charge in [0.05, 0.1) is 18.8 Å². The number of benzene rings is 1. The highest BCUT2D eigenvalue weighted by Gasteiger charge is 2.31. The highest BCUT2D eigenvalue weighted by Crippen LogP contribution is 2.31. The van der Waals surface area contributed by atoms with Gasteiger partial charge in [-0.3, -0.25) is 14.6 Å². The lowest BCUT2D eigenvalue weighted by Gasteiger charge is -2.24. The molecule has 4 rings (SSSR count). The standard InChI is InChI=1S/C23H24N4O3/c1-30-18-9-6-16(7-10-18)8-11-22(29)27-13-3-5-20(27)23-25-19(14-21(28)26-23)17-4-2-12-24-15-17/h2,4,6-7,9-10,12,14-15,20H,3,5,8,11,13H2,1H3,(H,25,26,28)/t20-/m0/s1. The van der Waals surface area contributed by atoms with Gasteiger partial charge >= 0.3 is 0 Å². The highest BCUT2D eigenvalue weighted by molar-refractivity contribution is 5.77. The second-order valence-corrected chi connectivity index (χ2v) is 7.35. The normalized spacial score (nSPS) is 15.9. The smallest absolute Gasteiger partial charge is 0.251 e. The Morgan fingerprint density at radius 3 is 2.83 bits per heavy atom. The number of H-pyrrole nitrogens is 1. The maximum absolute atomic E-state index is 12.9. The van der Waals surface area contributed by atoms with Crippen molar-refractivity contribution in [3.05, 3.63) is 76.6 Å². The molecule has 30 heavy (non-hydrogen) atoms. The molecule has 0 aliphatic carbocycles. The van der Waals surface area contributed by atoms with E-state index in [0.717, 1.165) is 29.7 Å². The Morgan fingerprint density at radius 1 is 1.27 bits per heavy atom. The molecule has 0 unspecified atom stereocenters. The van der Waals surface area contributed by atoms with Gasteiger partial charge in [0.15, 0.2) is 0 Å². The summed E-state index contributed by atoms with van der Waals surface area (Å²) in [6, 6.07) is 12.7. The van der Waals surface area contributed by atoms with Crippen molar-refractivity contribution in [1.82, 2.24) is 19.9 Å². The summed E-state index contributed by atoms with van der Waals surface area (Å²) in [5.41, 5.74) is 2.21. The molecule has 0 spiro atoms. The summed E-state index contributed by atoms with van der Waals surface area (Å²) in [5.74, 6) is 1.41. The van der Waals surface area contributed by atoms with Crippen LogP contribution in [0, 0.1) is 0 Å². The summed E-state index contributed by atoms with van der Waals surface area (Å²) in [5, 5.41) is 0. The Labute approximate surface area is 174 Å². The molecular weight excluding hydrogens is 380 g/mol. The number of carbonyl (C=O) groups is 1. The Bertz CT molecular complexity index is 1060. The number of ether oxygens (including phenoxy) is 1. The molecule has 1 amide bonds. The maximum Gasteiger partial charge on any atom is 0.251 e. The lowest BCUT2D eigenvalue weighted by molar-refractivity contribution is -0.132. The van der Waals surface area contributed by atoms with Gasteiger partial charge < -0.3 is 14.6 Å². The molecule has 1 saturated heterocycles. The van der Waals surface area contributed by atoms with Crippen LogP contribution in [0.1, 0.15) is 36.7 Å². The van der Waals surface area contributed by atoms with Crippen LogP contribution in [0.15, 0.2) is 59.7 Å². The molecule has 154 valence electrons. The number of carbonyl (C=O) groups excluding carboxylic acids is 1. The minimum absolute atomic E-state index is 0.0720. The van der Waals surface area contributed by atoms with Crippen LogP contribution in [0.5, 0.6) is 5.75 Å². The Kier molecular flexibility index (Phi) is 5.88. The van der Waals surface area contributed by atoms with Gasteiger partial charge in [0.1, 0.15) is 11.6 Å². The summed E-state index contributed by atoms with van der Waals surface area (Å²) in [6.45, 7) is 0.674. The number of aromatic nitrogens is 3. The van der Waals surface area contributed by atoms with E-state index >= 15 is 0 Å². The third-order valence-corrected chi connectivity index (χ3v) is 5.39. The predicted molar refractivity (Wildman–Crippen MR) is 113 cm³/mol. The van der Waals surface area contributed by atoms with Crippen molar-refractivity contribution in [3.63, 3.8) is 0 Å². The first-order chi connectivity index (χ1) is 14.6. The topological polar surface area (TPSA) is 88.2 Å². The number of amides is 1. The second-order valence-electron chi connectivity index (χ2n) is 7.35. The Hall–Kier alpha value is -3.48. The van der Waals surface area contributed by atoms with Gasteiger partial charge in [-0.1, -0.05) is 12.1 Å². The molecule has 2 aromatic heterocycles. The van der Waals surface area contributed by atoms with E-state index in [9.17, 15) is 9.59 Å². The summed E-state index contributed by atoms with van der Waals surface area (Å²) < 4.78 is 5.18. The number of rotatable bonds is 6. The van der Waals surface area contributed by atoms with Crippen molar-refractivity contribution >= 4 is 5.91 Å². The maximum atomic E-state index is 12.9. The monoisotopic (exact) mass is 404 g/mol. The molecule has 1 atom stereocenters. The largest absolute Gasteiger partial charge is 0.497 e. The van der Waals surface area contributed by atoms with E-state index < -0.39 is 0 Å². The van der Waals surface area contributed by atoms with Crippen LogP contribution in [0.2, 0.25) is 0 Å². The second kappa shape index (κ2) is 8.90. The van der Waals surface area contributed by atoms with Crippen molar-refractivity contribution < 1.29 is 9.53 Å². The fourth-order valence-corrected chi connectivity index (χ4v) is 3.83. The van der Waals surface area contributed by atoms with Gasteiger partial charge in [-0.05, 0) is 49.1 Å². The molecule has 1 aliphatic rings. The summed E-state index contributed by atoms with van der Waals surface area (Å²) in [4.78, 5) is 38.6. The Morgan fingerprint density at radius 2 is 2.10 bits per heavy atom. The van der Waals surface area contributed by atoms with E-state index in [0.29, 0.717) is 30.9 Å². The number of methoxy groups -OCH3 is 1. The first-order valence-electron chi connectivity index (χ1n) is 10.1. The zero-order valence-corrected chi connectivity index (χ0v) is 16.9. The molecule has 3 aromatic rings. The van der Waals surface area contributed by atoms with Crippen LogP contribution >= 0.6 is 0 Å². The van der Waals surface area contributed by atoms with Crippen LogP contribution in [0.4, 0.5) is 0 Å². The quantitative estimate of drug-likeness (QED) is 0.682. The van der Waals surface area contributed by atoms with Gasteiger partial charge in [-0.15, -0.1) is 0 Å². The molecule has 7 nitrogen and oxygen atoms in total. The first-order valence-corrected chi connectivity index (χ1v) is 10.1. The first kappa shape index (κ1) is 19.8. The molecular formula is C23H24N4O3. The van der Waals surface area contributed by atoms with Gasteiger partial charge in [-0.25, -0.2) is 4.98 Å². The summed E-state index contributed by atoms with van der Waals surface area (Å²) >= 11 is 0. The van der Waals surface area contributed by atoms with E-state index in [-0.39, 0.29) is 17.5 Å². The number of aryl methyl sites for hydroxylation is 1. The molecule has 1 fully saturated rings. The van der Waals surface area contributed by atoms with Crippen molar-refractivity contribution in [2.24, 2.45) is 0 Å². The van der Waals surface area contributed by atoms with E-state index in [1.165, 1.54) is 6.07 Å². The minimum Gasteiger partial charge on any atom is -0.497 e. The molecule has 1 aliphatic heterocycles. The van der Waals surface area contributed by atoms with Crippen LogP contribution in [-0.4, -0.2) is 39.4 Å². The third kappa shape index (κ3) is 4.40. The lowest BCUT2D eigenvalue weighted by Crippen LogP contribution is -2.32. The van der Waals surface area contributed by atoms with Crippen LogP contribution in [0.3, 0.4) is 0 Å². The molecule has 3 heterocycles. The van der Waals surface area contributed by atoms with E-state index in [4.69, 9.17) is 4.74 Å². The van der Waals surface area contributed by atoms with Crippen LogP contribution < -0.4 is 10.3 Å². The summed E-state index contributed by atoms with van der Waals surface area (Å²) in [6.07, 6.45) is 6.10. The molecule has 0 saturated carbocycles. The van der Waals surface area contributed by atoms with Gasteiger partial charge in [0, 0.05) is 37.0 Å². The molecule has 1 N–H and O–H groups in total. The number of nitrogens with zero attached hydrogens (tertiary/aromatic N) is 3. The molecule has 0 bridgehead atoms. The number of pyridine rings is 1. The van der Waals surface area contributed by atoms with Gasteiger partial charge in [0.25, 0.3) is 5.56 Å². The highest BCUT2D eigenvalue weighted by atomic mass is 16.5. The van der Waals surface area contributed by atoms with Crippen LogP contribution in [0.25, 0.3) is 11.3 Å². The average Bonchev–Trinajstić information content (AvgIpc) is 3.28. The van der Waals surface area contributed by atoms with Crippen molar-refractivity contribution in [2.75, 3.05) is 13.7 Å². The predicted octanol–water partition coefficient (Wildman–Crippen LogP) is 3.14. The molecule has 1 aromatic carbocycles. The number of aromatic amines is 1. The minimum atomic E-state index is -0.226. The average molecular weight is 404 g/mol. The lowest BCUT2D eigenvalue weighted by atomic mass is 10.1. The fraction of sp³-hybridized carbons (Fsp3) is 0.304. The van der Waals surface area contributed by atoms with Crippen molar-refractivity contribution in [2.45, 2.75) is 31.7 Å². The number of likely N-dealkylation sites (tertiary alicyclic amines) is 1. The zero-order chi connectivity index (χ0) is 20.9. The Balaban J connectivity index is 1.49. The van der Waals surface area contributed by atoms with E-state index in [1.54, 1.807) is 19.5 Å². The molecule has 7 heteroatoms. The SMILES string of the molecule is COc1ccc(CCC(=O)N2CCC[C@H]2c2nc(-c3cccnc3)cc(=O)[nH]2)cc1. The third-order valence-electron chi connectivity index (χ3n) is 5.39. The van der Waals surface area contributed by atoms with Gasteiger partial charge in [0.2, 0.25) is 5.91 Å². The fourth-order valence-electron chi connectivity index (χ4n) is 3.83. The van der Waals surface area contributed by atoms with E-state index in [2.05, 4.69) is 15.0 Å². The summed E-state index contributed by atoms with van der Waals surface area (Å²) in [7, 11) is 1.63. The number of hydrogen-bond acceptors (Lipinski definition) is 5. The van der Waals surface area contributed by atoms with E-state index in [1.807, 2.05) is 41.3 Å². The van der Waals surface area contributed by atoms with Crippen molar-refractivity contribution in [3.8, 4) is 17.0 Å². The molecule has 0 radical (unpaired) electrons. The number of hydrogen-bond donors (Lipinski definition) is 1. The zero-order valence-electron chi connectivity index (χ0n) is 16.9.